The Morgan fingerprint density at radius 3 is 2.94 bits per heavy atom. The maximum absolute atomic E-state index is 11.4. The average Bonchev–Trinajstić information content (AvgIpc) is 2.17. The molecular formula is C10H19N3O3. The van der Waals surface area contributed by atoms with Crippen molar-refractivity contribution in [2.45, 2.75) is 19.9 Å². The lowest BCUT2D eigenvalue weighted by atomic mass is 10.2. The van der Waals surface area contributed by atoms with E-state index in [1.54, 1.807) is 6.92 Å². The van der Waals surface area contributed by atoms with Crippen molar-refractivity contribution in [1.29, 1.82) is 0 Å². The van der Waals surface area contributed by atoms with Crippen LogP contribution in [0.25, 0.3) is 0 Å². The molecule has 1 heterocycles. The van der Waals surface area contributed by atoms with Gasteiger partial charge in [0.15, 0.2) is 0 Å². The highest BCUT2D eigenvalue weighted by molar-refractivity contribution is 5.92. The molecule has 1 saturated heterocycles. The van der Waals surface area contributed by atoms with Crippen molar-refractivity contribution in [3.63, 3.8) is 0 Å². The molecule has 1 aliphatic heterocycles. The van der Waals surface area contributed by atoms with Gasteiger partial charge in [-0.25, -0.2) is 4.79 Å². The summed E-state index contributed by atoms with van der Waals surface area (Å²) in [6.07, 6.45) is -0.671. The lowest BCUT2D eigenvalue weighted by molar-refractivity contribution is -0.121. The van der Waals surface area contributed by atoms with Crippen LogP contribution in [0.15, 0.2) is 0 Å². The zero-order chi connectivity index (χ0) is 12.0. The van der Waals surface area contributed by atoms with Crippen LogP contribution in [-0.4, -0.2) is 55.7 Å². The summed E-state index contributed by atoms with van der Waals surface area (Å²) < 4.78 is 4.62. The molecule has 1 atom stereocenters. The number of carbonyl (C=O) groups is 2. The normalized spacial score (nSPS) is 21.5. The summed E-state index contributed by atoms with van der Waals surface area (Å²) in [5.74, 6) is -0.312. The zero-order valence-electron chi connectivity index (χ0n) is 9.78. The number of nitrogens with one attached hydrogen (secondary N) is 2. The number of amides is 2. The van der Waals surface area contributed by atoms with Crippen LogP contribution in [0.5, 0.6) is 0 Å². The lowest BCUT2D eigenvalue weighted by Crippen LogP contribution is -2.52. The first-order chi connectivity index (χ1) is 7.61. The first kappa shape index (κ1) is 12.9. The van der Waals surface area contributed by atoms with E-state index >= 15 is 0 Å². The van der Waals surface area contributed by atoms with Gasteiger partial charge in [-0.05, 0) is 13.8 Å². The number of imide groups is 1. The second kappa shape index (κ2) is 6.44. The Labute approximate surface area is 95.3 Å². The van der Waals surface area contributed by atoms with Crippen molar-refractivity contribution in [3.8, 4) is 0 Å². The molecule has 16 heavy (non-hydrogen) atoms. The van der Waals surface area contributed by atoms with Gasteiger partial charge in [-0.1, -0.05) is 0 Å². The minimum Gasteiger partial charge on any atom is -0.450 e. The molecule has 0 aromatic rings. The largest absolute Gasteiger partial charge is 0.450 e. The molecule has 2 amide bonds. The first-order valence-corrected chi connectivity index (χ1v) is 5.54. The molecule has 92 valence electrons. The summed E-state index contributed by atoms with van der Waals surface area (Å²) in [6, 6.07) is 0.379. The summed E-state index contributed by atoms with van der Waals surface area (Å²) in [5.41, 5.74) is 0. The molecule has 6 heteroatoms. The van der Waals surface area contributed by atoms with Gasteiger partial charge in [0.1, 0.15) is 0 Å². The fourth-order valence-electron chi connectivity index (χ4n) is 1.68. The van der Waals surface area contributed by atoms with Gasteiger partial charge in [0.2, 0.25) is 5.91 Å². The van der Waals surface area contributed by atoms with Crippen LogP contribution < -0.4 is 10.6 Å². The topological polar surface area (TPSA) is 70.7 Å². The van der Waals surface area contributed by atoms with Crippen LogP contribution in [0.2, 0.25) is 0 Å². The van der Waals surface area contributed by atoms with E-state index < -0.39 is 6.09 Å². The number of hydrogen-bond acceptors (Lipinski definition) is 5. The predicted octanol–water partition coefficient (Wildman–Crippen LogP) is -0.447. The van der Waals surface area contributed by atoms with E-state index in [1.165, 1.54) is 0 Å². The van der Waals surface area contributed by atoms with Gasteiger partial charge in [0.25, 0.3) is 0 Å². The molecule has 6 nitrogen and oxygen atoms in total. The number of ether oxygens (including phenoxy) is 1. The summed E-state index contributed by atoms with van der Waals surface area (Å²) in [7, 11) is 0. The van der Waals surface area contributed by atoms with Crippen LogP contribution in [0.3, 0.4) is 0 Å². The van der Waals surface area contributed by atoms with Crippen molar-refractivity contribution in [2.75, 3.05) is 32.8 Å². The van der Waals surface area contributed by atoms with Crippen LogP contribution in [0, 0.1) is 0 Å². The average molecular weight is 229 g/mol. The highest BCUT2D eigenvalue weighted by atomic mass is 16.5. The van der Waals surface area contributed by atoms with Gasteiger partial charge in [0, 0.05) is 25.7 Å². The third kappa shape index (κ3) is 4.59. The van der Waals surface area contributed by atoms with Crippen molar-refractivity contribution in [2.24, 2.45) is 0 Å². The van der Waals surface area contributed by atoms with Gasteiger partial charge in [-0.15, -0.1) is 0 Å². The number of nitrogens with zero attached hydrogens (tertiary/aromatic N) is 1. The monoisotopic (exact) mass is 229 g/mol. The highest BCUT2D eigenvalue weighted by Crippen LogP contribution is 1.97. The van der Waals surface area contributed by atoms with E-state index in [0.29, 0.717) is 6.04 Å². The van der Waals surface area contributed by atoms with Gasteiger partial charge >= 0.3 is 6.09 Å². The number of alkyl carbamates (subject to hydrolysis) is 1. The molecule has 0 saturated carbocycles. The molecule has 1 fully saturated rings. The fourth-order valence-corrected chi connectivity index (χ4v) is 1.68. The fraction of sp³-hybridized carbons (Fsp3) is 0.800. The molecule has 0 aromatic carbocycles. The van der Waals surface area contributed by atoms with E-state index in [-0.39, 0.29) is 19.1 Å². The number of hydrogen-bond donors (Lipinski definition) is 2. The van der Waals surface area contributed by atoms with Crippen molar-refractivity contribution < 1.29 is 14.3 Å². The molecule has 2 N–H and O–H groups in total. The quantitative estimate of drug-likeness (QED) is 0.686. The third-order valence-corrected chi connectivity index (χ3v) is 2.34. The Bertz CT molecular complexity index is 258. The maximum atomic E-state index is 11.4. The molecule has 0 radical (unpaired) electrons. The minimum absolute atomic E-state index is 0.241. The van der Waals surface area contributed by atoms with Crippen LogP contribution in [0.1, 0.15) is 13.8 Å². The second-order valence-electron chi connectivity index (χ2n) is 3.86. The minimum atomic E-state index is -0.671. The highest BCUT2D eigenvalue weighted by Gasteiger charge is 2.18. The van der Waals surface area contributed by atoms with Crippen molar-refractivity contribution in [3.05, 3.63) is 0 Å². The summed E-state index contributed by atoms with van der Waals surface area (Å²) in [4.78, 5) is 24.4. The second-order valence-corrected chi connectivity index (χ2v) is 3.86. The first-order valence-electron chi connectivity index (χ1n) is 5.54. The number of carbonyl (C=O) groups excluding carboxylic acids is 2. The molecule has 1 rings (SSSR count). The molecule has 0 aromatic heterocycles. The van der Waals surface area contributed by atoms with Gasteiger partial charge in [0.05, 0.1) is 13.2 Å². The van der Waals surface area contributed by atoms with E-state index in [0.717, 1.165) is 19.6 Å². The summed E-state index contributed by atoms with van der Waals surface area (Å²) in [5, 5.41) is 5.46. The molecule has 1 aliphatic rings. The summed E-state index contributed by atoms with van der Waals surface area (Å²) in [6.45, 7) is 6.77. The SMILES string of the molecule is CCOC(=O)NC(=O)CN1CCNC(C)C1. The predicted molar refractivity (Wildman–Crippen MR) is 59.1 cm³/mol. The Morgan fingerprint density at radius 2 is 2.31 bits per heavy atom. The maximum Gasteiger partial charge on any atom is 0.413 e. The number of piperazine rings is 1. The molecule has 0 aliphatic carbocycles. The van der Waals surface area contributed by atoms with Crippen LogP contribution in [-0.2, 0) is 9.53 Å². The summed E-state index contributed by atoms with van der Waals surface area (Å²) >= 11 is 0. The van der Waals surface area contributed by atoms with Gasteiger partial charge in [-0.3, -0.25) is 15.0 Å². The van der Waals surface area contributed by atoms with E-state index in [2.05, 4.69) is 22.3 Å². The van der Waals surface area contributed by atoms with E-state index in [4.69, 9.17) is 0 Å². The van der Waals surface area contributed by atoms with Crippen molar-refractivity contribution >= 4 is 12.0 Å². The van der Waals surface area contributed by atoms with Gasteiger partial charge in [-0.2, -0.15) is 0 Å². The molecular weight excluding hydrogens is 210 g/mol. The van der Waals surface area contributed by atoms with Gasteiger partial charge < -0.3 is 10.1 Å². The Balaban J connectivity index is 2.25. The zero-order valence-corrected chi connectivity index (χ0v) is 9.78. The third-order valence-electron chi connectivity index (χ3n) is 2.34. The Morgan fingerprint density at radius 1 is 1.56 bits per heavy atom. The number of rotatable bonds is 3. The Hall–Kier alpha value is -1.14. The van der Waals surface area contributed by atoms with E-state index in [1.807, 2.05) is 4.90 Å². The molecule has 0 spiro atoms. The van der Waals surface area contributed by atoms with Crippen molar-refractivity contribution in [1.82, 2.24) is 15.5 Å². The van der Waals surface area contributed by atoms with E-state index in [9.17, 15) is 9.59 Å². The smallest absolute Gasteiger partial charge is 0.413 e. The lowest BCUT2D eigenvalue weighted by Gasteiger charge is -2.30. The molecule has 1 unspecified atom stereocenters. The standard InChI is InChI=1S/C10H19N3O3/c1-3-16-10(15)12-9(14)7-13-5-4-11-8(2)6-13/h8,11H,3-7H2,1-2H3,(H,12,14,15). The van der Waals surface area contributed by atoms with Crippen LogP contribution in [0.4, 0.5) is 4.79 Å². The molecule has 0 bridgehead atoms. The van der Waals surface area contributed by atoms with Crippen LogP contribution >= 0.6 is 0 Å². The Kier molecular flexibility index (Phi) is 5.21.